The van der Waals surface area contributed by atoms with E-state index in [1.165, 1.54) is 0 Å². The lowest BCUT2D eigenvalue weighted by Crippen LogP contribution is -2.45. The van der Waals surface area contributed by atoms with Crippen molar-refractivity contribution in [2.75, 3.05) is 18.5 Å². The molecule has 1 saturated carbocycles. The predicted molar refractivity (Wildman–Crippen MR) is 131 cm³/mol. The number of hydrogen-bond donors (Lipinski definition) is 1. The SMILES string of the molecule is CCOc1ccc(NC(=O)N(CC(=O)N(Cc2ccccc2)Cc2cccs2)C2CC2)cc1. The third-order valence-corrected chi connectivity index (χ3v) is 6.33. The first-order valence-electron chi connectivity index (χ1n) is 11.3. The molecule has 2 aromatic carbocycles. The van der Waals surface area contributed by atoms with Crippen LogP contribution in [0.2, 0.25) is 0 Å². The summed E-state index contributed by atoms with van der Waals surface area (Å²) < 4.78 is 5.46. The largest absolute Gasteiger partial charge is 0.494 e. The van der Waals surface area contributed by atoms with Crippen LogP contribution in [0.5, 0.6) is 5.75 Å². The predicted octanol–water partition coefficient (Wildman–Crippen LogP) is 5.37. The summed E-state index contributed by atoms with van der Waals surface area (Å²) in [4.78, 5) is 31.1. The Balaban J connectivity index is 1.44. The van der Waals surface area contributed by atoms with Gasteiger partial charge in [-0.15, -0.1) is 11.3 Å². The standard InChI is InChI=1S/C26H29N3O3S/c1-2-32-23-14-10-21(11-15-23)27-26(31)29(22-12-13-22)19-25(30)28(18-24-9-6-16-33-24)17-20-7-4-3-5-8-20/h3-11,14-16,22H,2,12-13,17-19H2,1H3,(H,27,31). The quantitative estimate of drug-likeness (QED) is 0.440. The van der Waals surface area contributed by atoms with Gasteiger partial charge in [0.25, 0.3) is 0 Å². The van der Waals surface area contributed by atoms with Crippen molar-refractivity contribution in [1.29, 1.82) is 0 Å². The average molecular weight is 464 g/mol. The number of ether oxygens (including phenoxy) is 1. The Morgan fingerprint density at radius 1 is 1.00 bits per heavy atom. The first-order chi connectivity index (χ1) is 16.1. The van der Waals surface area contributed by atoms with Gasteiger partial charge in [-0.1, -0.05) is 36.4 Å². The molecule has 172 valence electrons. The van der Waals surface area contributed by atoms with Gasteiger partial charge in [-0.25, -0.2) is 4.79 Å². The van der Waals surface area contributed by atoms with Gasteiger partial charge in [0, 0.05) is 23.2 Å². The van der Waals surface area contributed by atoms with Crippen LogP contribution in [0.25, 0.3) is 0 Å². The fourth-order valence-electron chi connectivity index (χ4n) is 3.62. The molecule has 3 amide bonds. The molecular weight excluding hydrogens is 434 g/mol. The molecule has 1 aliphatic carbocycles. The molecule has 7 heteroatoms. The zero-order valence-corrected chi connectivity index (χ0v) is 19.6. The highest BCUT2D eigenvalue weighted by Gasteiger charge is 2.35. The Labute approximate surface area is 198 Å². The molecule has 4 rings (SSSR count). The molecule has 1 aliphatic rings. The summed E-state index contributed by atoms with van der Waals surface area (Å²) in [5, 5.41) is 4.95. The van der Waals surface area contributed by atoms with Crippen molar-refractivity contribution < 1.29 is 14.3 Å². The van der Waals surface area contributed by atoms with Crippen LogP contribution in [0, 0.1) is 0 Å². The molecule has 1 fully saturated rings. The maximum Gasteiger partial charge on any atom is 0.322 e. The second-order valence-corrected chi connectivity index (χ2v) is 9.09. The van der Waals surface area contributed by atoms with Crippen LogP contribution in [0.15, 0.2) is 72.1 Å². The lowest BCUT2D eigenvalue weighted by molar-refractivity contribution is -0.133. The summed E-state index contributed by atoms with van der Waals surface area (Å²) in [6.07, 6.45) is 1.85. The second kappa shape index (κ2) is 11.0. The van der Waals surface area contributed by atoms with Crippen molar-refractivity contribution >= 4 is 29.0 Å². The highest BCUT2D eigenvalue weighted by molar-refractivity contribution is 7.09. The van der Waals surface area contributed by atoms with Gasteiger partial charge >= 0.3 is 6.03 Å². The van der Waals surface area contributed by atoms with Crippen LogP contribution in [0.1, 0.15) is 30.2 Å². The number of amides is 3. The minimum Gasteiger partial charge on any atom is -0.494 e. The summed E-state index contributed by atoms with van der Waals surface area (Å²) in [6, 6.07) is 21.1. The Morgan fingerprint density at radius 3 is 2.39 bits per heavy atom. The van der Waals surface area contributed by atoms with Gasteiger partial charge < -0.3 is 19.9 Å². The van der Waals surface area contributed by atoms with E-state index in [0.717, 1.165) is 29.0 Å². The van der Waals surface area contributed by atoms with E-state index in [0.29, 0.717) is 25.4 Å². The molecule has 3 aromatic rings. The molecule has 33 heavy (non-hydrogen) atoms. The molecule has 6 nitrogen and oxygen atoms in total. The Kier molecular flexibility index (Phi) is 7.62. The van der Waals surface area contributed by atoms with Crippen molar-refractivity contribution in [3.8, 4) is 5.75 Å². The molecule has 0 radical (unpaired) electrons. The van der Waals surface area contributed by atoms with E-state index in [2.05, 4.69) is 5.32 Å². The van der Waals surface area contributed by atoms with Gasteiger partial charge in [0.15, 0.2) is 0 Å². The fourth-order valence-corrected chi connectivity index (χ4v) is 4.34. The first-order valence-corrected chi connectivity index (χ1v) is 12.1. The number of benzene rings is 2. The number of thiophene rings is 1. The van der Waals surface area contributed by atoms with E-state index in [1.54, 1.807) is 16.2 Å². The maximum atomic E-state index is 13.4. The fraction of sp³-hybridized carbons (Fsp3) is 0.308. The van der Waals surface area contributed by atoms with Crippen molar-refractivity contribution in [3.63, 3.8) is 0 Å². The molecule has 0 aliphatic heterocycles. The lowest BCUT2D eigenvalue weighted by atomic mass is 10.2. The minimum atomic E-state index is -0.245. The van der Waals surface area contributed by atoms with E-state index < -0.39 is 0 Å². The Bertz CT molecular complexity index is 1030. The van der Waals surface area contributed by atoms with Gasteiger partial charge in [0.05, 0.1) is 13.2 Å². The molecular formula is C26H29N3O3S. The number of rotatable bonds is 10. The van der Waals surface area contributed by atoms with Crippen LogP contribution < -0.4 is 10.1 Å². The molecule has 0 atom stereocenters. The smallest absolute Gasteiger partial charge is 0.322 e. The zero-order valence-electron chi connectivity index (χ0n) is 18.8. The molecule has 0 spiro atoms. The van der Waals surface area contributed by atoms with Gasteiger partial charge in [0.1, 0.15) is 12.3 Å². The molecule has 1 N–H and O–H groups in total. The number of anilines is 1. The van der Waals surface area contributed by atoms with Crippen LogP contribution in [0.4, 0.5) is 10.5 Å². The van der Waals surface area contributed by atoms with E-state index in [-0.39, 0.29) is 24.5 Å². The van der Waals surface area contributed by atoms with Gasteiger partial charge in [-0.05, 0) is 61.0 Å². The number of carbonyl (C=O) groups is 2. The maximum absolute atomic E-state index is 13.4. The third-order valence-electron chi connectivity index (χ3n) is 5.47. The summed E-state index contributed by atoms with van der Waals surface area (Å²) in [5.74, 6) is 0.704. The number of carbonyl (C=O) groups excluding carboxylic acids is 2. The van der Waals surface area contributed by atoms with E-state index in [4.69, 9.17) is 4.74 Å². The van der Waals surface area contributed by atoms with E-state index in [9.17, 15) is 9.59 Å². The van der Waals surface area contributed by atoms with Crippen molar-refractivity contribution in [3.05, 3.63) is 82.6 Å². The highest BCUT2D eigenvalue weighted by atomic mass is 32.1. The Hall–Kier alpha value is -3.32. The first kappa shape index (κ1) is 22.9. The molecule has 0 unspecified atom stereocenters. The van der Waals surface area contributed by atoms with Crippen LogP contribution >= 0.6 is 11.3 Å². The van der Waals surface area contributed by atoms with Crippen molar-refractivity contribution in [2.24, 2.45) is 0 Å². The average Bonchev–Trinajstić information content (AvgIpc) is 3.54. The normalized spacial score (nSPS) is 12.8. The van der Waals surface area contributed by atoms with Crippen molar-refractivity contribution in [2.45, 2.75) is 38.9 Å². The number of hydrogen-bond acceptors (Lipinski definition) is 4. The Morgan fingerprint density at radius 2 is 1.76 bits per heavy atom. The van der Waals surface area contributed by atoms with Crippen LogP contribution in [-0.2, 0) is 17.9 Å². The van der Waals surface area contributed by atoms with Gasteiger partial charge in [0.2, 0.25) is 5.91 Å². The van der Waals surface area contributed by atoms with Gasteiger partial charge in [-0.2, -0.15) is 0 Å². The topological polar surface area (TPSA) is 61.9 Å². The summed E-state index contributed by atoms with van der Waals surface area (Å²) in [5.41, 5.74) is 1.75. The van der Waals surface area contributed by atoms with E-state index >= 15 is 0 Å². The van der Waals surface area contributed by atoms with E-state index in [1.807, 2.05) is 83.9 Å². The number of urea groups is 1. The molecule has 0 saturated heterocycles. The zero-order chi connectivity index (χ0) is 23.0. The monoisotopic (exact) mass is 463 g/mol. The lowest BCUT2D eigenvalue weighted by Gasteiger charge is -2.28. The minimum absolute atomic E-state index is 0.0546. The number of nitrogens with zero attached hydrogens (tertiary/aromatic N) is 2. The summed E-state index contributed by atoms with van der Waals surface area (Å²) >= 11 is 1.63. The third kappa shape index (κ3) is 6.58. The molecule has 0 bridgehead atoms. The number of nitrogens with one attached hydrogen (secondary N) is 1. The molecule has 1 aromatic heterocycles. The molecule has 1 heterocycles. The van der Waals surface area contributed by atoms with Crippen molar-refractivity contribution in [1.82, 2.24) is 9.80 Å². The highest BCUT2D eigenvalue weighted by Crippen LogP contribution is 2.28. The second-order valence-electron chi connectivity index (χ2n) is 8.06. The summed E-state index contributed by atoms with van der Waals surface area (Å²) in [6.45, 7) is 3.63. The van der Waals surface area contributed by atoms with Gasteiger partial charge in [-0.3, -0.25) is 4.79 Å². The summed E-state index contributed by atoms with van der Waals surface area (Å²) in [7, 11) is 0. The van der Waals surface area contributed by atoms with Crippen LogP contribution in [0.3, 0.4) is 0 Å². The van der Waals surface area contributed by atoms with Crippen LogP contribution in [-0.4, -0.2) is 40.9 Å².